The Bertz CT molecular complexity index is 1780. The van der Waals surface area contributed by atoms with Gasteiger partial charge in [0, 0.05) is 21.7 Å². The van der Waals surface area contributed by atoms with Gasteiger partial charge >= 0.3 is 11.7 Å². The van der Waals surface area contributed by atoms with Crippen molar-refractivity contribution in [2.24, 2.45) is 5.92 Å². The van der Waals surface area contributed by atoms with E-state index in [0.29, 0.717) is 28.6 Å². The van der Waals surface area contributed by atoms with Gasteiger partial charge in [-0.1, -0.05) is 83.5 Å². The maximum absolute atomic E-state index is 14.3. The maximum atomic E-state index is 14.3. The molecule has 5 rings (SSSR count). The third-order valence-corrected chi connectivity index (χ3v) is 7.40. The molecule has 1 aromatic heterocycles. The first kappa shape index (κ1) is 29.5. The lowest BCUT2D eigenvalue weighted by molar-refractivity contribution is 0.0697. The van der Waals surface area contributed by atoms with Crippen LogP contribution < -0.4 is 10.5 Å². The van der Waals surface area contributed by atoms with Gasteiger partial charge in [-0.25, -0.2) is 14.0 Å². The molecule has 0 amide bonds. The standard InChI is InChI=1S/C34H28ClFN2O5/c35-30-4-2-1-3-28(30)21-42-31-18-17-29(36)20-27(31)16-11-23(19-24-9-14-26(15-10-24)33(39)40)6-5-22-7-12-25(13-8-22)32-37-34(41)43-38-32/h1-4,7-18,20,23H,5-6,19,21H2,(H,39,40)(H,37,38,41)/b16-11-. The van der Waals surface area contributed by atoms with Crippen LogP contribution in [0.5, 0.6) is 5.75 Å². The number of carboxylic acids is 1. The molecule has 43 heavy (non-hydrogen) atoms. The third kappa shape index (κ3) is 8.08. The number of H-pyrrole nitrogens is 1. The van der Waals surface area contributed by atoms with Crippen LogP contribution in [0, 0.1) is 11.7 Å². The first-order chi connectivity index (χ1) is 20.8. The number of aryl methyl sites for hydroxylation is 1. The second-order valence-corrected chi connectivity index (χ2v) is 10.5. The number of allylic oxidation sites excluding steroid dienone is 1. The number of nitrogens with one attached hydrogen (secondary N) is 1. The summed E-state index contributed by atoms with van der Waals surface area (Å²) in [6.07, 6.45) is 6.07. The molecule has 2 N–H and O–H groups in total. The van der Waals surface area contributed by atoms with Crippen LogP contribution in [0.25, 0.3) is 17.5 Å². The van der Waals surface area contributed by atoms with E-state index < -0.39 is 11.7 Å². The van der Waals surface area contributed by atoms with Gasteiger partial charge in [-0.3, -0.25) is 9.51 Å². The number of aromatic nitrogens is 2. The Hall–Kier alpha value is -4.95. The minimum atomic E-state index is -0.975. The molecule has 7 nitrogen and oxygen atoms in total. The minimum absolute atomic E-state index is 0.0435. The van der Waals surface area contributed by atoms with Gasteiger partial charge in [0.15, 0.2) is 5.82 Å². The topological polar surface area (TPSA) is 105 Å². The SMILES string of the molecule is O=C(O)c1ccc(CC(/C=C\c2cc(F)ccc2OCc2ccccc2Cl)CCc2ccc(-c3noc(=O)[nH]3)cc2)cc1. The average molecular weight is 599 g/mol. The predicted molar refractivity (Wildman–Crippen MR) is 163 cm³/mol. The maximum Gasteiger partial charge on any atom is 0.439 e. The fraction of sp³-hybridized carbons (Fsp3) is 0.147. The normalized spacial score (nSPS) is 12.0. The highest BCUT2D eigenvalue weighted by atomic mass is 35.5. The fourth-order valence-corrected chi connectivity index (χ4v) is 4.87. The Balaban J connectivity index is 1.34. The zero-order valence-electron chi connectivity index (χ0n) is 23.0. The number of hydrogen-bond acceptors (Lipinski definition) is 5. The predicted octanol–water partition coefficient (Wildman–Crippen LogP) is 7.60. The molecule has 0 saturated heterocycles. The summed E-state index contributed by atoms with van der Waals surface area (Å²) in [7, 11) is 0. The van der Waals surface area contributed by atoms with Gasteiger partial charge < -0.3 is 9.84 Å². The van der Waals surface area contributed by atoms with Crippen molar-refractivity contribution in [1.29, 1.82) is 0 Å². The van der Waals surface area contributed by atoms with Gasteiger partial charge in [-0.2, -0.15) is 0 Å². The minimum Gasteiger partial charge on any atom is -0.488 e. The van der Waals surface area contributed by atoms with E-state index in [0.717, 1.165) is 35.1 Å². The Labute approximate surface area is 252 Å². The molecule has 0 radical (unpaired) electrons. The molecule has 0 bridgehead atoms. The van der Waals surface area contributed by atoms with Crippen molar-refractivity contribution in [2.75, 3.05) is 0 Å². The summed E-state index contributed by atoms with van der Waals surface area (Å²) < 4.78 is 24.9. The molecule has 0 spiro atoms. The molecule has 1 unspecified atom stereocenters. The molecule has 0 aliphatic rings. The van der Waals surface area contributed by atoms with E-state index in [4.69, 9.17) is 16.3 Å². The molecule has 5 aromatic rings. The highest BCUT2D eigenvalue weighted by Gasteiger charge is 2.12. The molecule has 0 aliphatic carbocycles. The molecule has 1 heterocycles. The van der Waals surface area contributed by atoms with Crippen LogP contribution in [0.15, 0.2) is 106 Å². The number of nitrogens with zero attached hydrogens (tertiary/aromatic N) is 1. The molecule has 4 aromatic carbocycles. The zero-order chi connectivity index (χ0) is 30.2. The summed E-state index contributed by atoms with van der Waals surface area (Å²) >= 11 is 6.28. The van der Waals surface area contributed by atoms with E-state index in [1.807, 2.05) is 66.7 Å². The average Bonchev–Trinajstić information content (AvgIpc) is 3.45. The number of aromatic carboxylic acids is 1. The van der Waals surface area contributed by atoms with Crippen LogP contribution in [-0.4, -0.2) is 21.2 Å². The molecule has 218 valence electrons. The van der Waals surface area contributed by atoms with Crippen molar-refractivity contribution < 1.29 is 23.6 Å². The first-order valence-electron chi connectivity index (χ1n) is 13.7. The molecule has 9 heteroatoms. The van der Waals surface area contributed by atoms with Crippen LogP contribution in [0.4, 0.5) is 4.39 Å². The molecular weight excluding hydrogens is 571 g/mol. The highest BCUT2D eigenvalue weighted by Crippen LogP contribution is 2.27. The summed E-state index contributed by atoms with van der Waals surface area (Å²) in [6, 6.07) is 26.3. The van der Waals surface area contributed by atoms with Crippen molar-refractivity contribution >= 4 is 23.6 Å². The highest BCUT2D eigenvalue weighted by molar-refractivity contribution is 6.31. The number of ether oxygens (including phenoxy) is 1. The third-order valence-electron chi connectivity index (χ3n) is 7.03. The Kier molecular flexibility index (Phi) is 9.49. The number of hydrogen-bond donors (Lipinski definition) is 2. The van der Waals surface area contributed by atoms with Crippen LogP contribution in [0.1, 0.15) is 39.0 Å². The van der Waals surface area contributed by atoms with Gasteiger partial charge in [-0.15, -0.1) is 0 Å². The lowest BCUT2D eigenvalue weighted by Gasteiger charge is -2.15. The van der Waals surface area contributed by atoms with Gasteiger partial charge in [0.05, 0.1) is 5.56 Å². The number of benzene rings is 4. The number of halogens is 2. The molecule has 0 aliphatic heterocycles. The van der Waals surface area contributed by atoms with Crippen molar-refractivity contribution in [1.82, 2.24) is 10.1 Å². The van der Waals surface area contributed by atoms with E-state index in [1.165, 1.54) is 12.1 Å². The summed E-state index contributed by atoms with van der Waals surface area (Å²) in [6.45, 7) is 0.240. The Morgan fingerprint density at radius 1 is 1.02 bits per heavy atom. The number of rotatable bonds is 12. The van der Waals surface area contributed by atoms with E-state index >= 15 is 0 Å². The lowest BCUT2D eigenvalue weighted by atomic mass is 9.91. The fourth-order valence-electron chi connectivity index (χ4n) is 4.68. The summed E-state index contributed by atoms with van der Waals surface area (Å²) in [5, 5.41) is 13.6. The summed E-state index contributed by atoms with van der Waals surface area (Å²) in [4.78, 5) is 25.1. The van der Waals surface area contributed by atoms with E-state index in [2.05, 4.69) is 14.7 Å². The van der Waals surface area contributed by atoms with Gasteiger partial charge in [0.2, 0.25) is 0 Å². The molecule has 0 fully saturated rings. The van der Waals surface area contributed by atoms with Crippen molar-refractivity contribution in [3.8, 4) is 17.1 Å². The second kappa shape index (κ2) is 13.8. The number of aromatic amines is 1. The van der Waals surface area contributed by atoms with Crippen molar-refractivity contribution in [3.63, 3.8) is 0 Å². The smallest absolute Gasteiger partial charge is 0.439 e. The summed E-state index contributed by atoms with van der Waals surface area (Å²) in [5.74, 6) is -1.02. The van der Waals surface area contributed by atoms with Gasteiger partial charge in [0.1, 0.15) is 18.2 Å². The Morgan fingerprint density at radius 2 is 1.77 bits per heavy atom. The second-order valence-electron chi connectivity index (χ2n) is 10.1. The number of carboxylic acid groups (broad SMARTS) is 1. The molecule has 1 atom stereocenters. The Morgan fingerprint density at radius 3 is 2.47 bits per heavy atom. The van der Waals surface area contributed by atoms with Crippen molar-refractivity contribution in [3.05, 3.63) is 146 Å². The van der Waals surface area contributed by atoms with Gasteiger partial charge in [0.25, 0.3) is 0 Å². The monoisotopic (exact) mass is 598 g/mol. The zero-order valence-corrected chi connectivity index (χ0v) is 23.8. The molecule has 0 saturated carbocycles. The van der Waals surface area contributed by atoms with Crippen LogP contribution in [-0.2, 0) is 19.4 Å². The lowest BCUT2D eigenvalue weighted by Crippen LogP contribution is -2.05. The molecular formula is C34H28ClFN2O5. The van der Waals surface area contributed by atoms with Crippen LogP contribution >= 0.6 is 11.6 Å². The van der Waals surface area contributed by atoms with Crippen LogP contribution in [0.3, 0.4) is 0 Å². The van der Waals surface area contributed by atoms with Crippen LogP contribution in [0.2, 0.25) is 5.02 Å². The number of carbonyl (C=O) groups is 1. The van der Waals surface area contributed by atoms with E-state index in [9.17, 15) is 19.1 Å². The quantitative estimate of drug-likeness (QED) is 0.153. The summed E-state index contributed by atoms with van der Waals surface area (Å²) in [5.41, 5.74) is 4.46. The first-order valence-corrected chi connectivity index (χ1v) is 14.0. The van der Waals surface area contributed by atoms with Crippen molar-refractivity contribution in [2.45, 2.75) is 25.9 Å². The van der Waals surface area contributed by atoms with E-state index in [-0.39, 0.29) is 23.9 Å². The van der Waals surface area contributed by atoms with Gasteiger partial charge in [-0.05, 0) is 72.7 Å². The largest absolute Gasteiger partial charge is 0.488 e. The van der Waals surface area contributed by atoms with E-state index in [1.54, 1.807) is 24.3 Å².